The number of piperidine rings is 1. The van der Waals surface area contributed by atoms with Crippen molar-refractivity contribution in [1.29, 1.82) is 0 Å². The van der Waals surface area contributed by atoms with Gasteiger partial charge < -0.3 is 10.4 Å². The average molecular weight is 274 g/mol. The van der Waals surface area contributed by atoms with E-state index >= 15 is 0 Å². The molecule has 2 saturated heterocycles. The number of likely N-dealkylation sites (tertiary alicyclic amines) is 1. The van der Waals surface area contributed by atoms with Gasteiger partial charge in [0, 0.05) is 24.2 Å². The molecule has 0 aliphatic carbocycles. The fourth-order valence-electron chi connectivity index (χ4n) is 3.77. The van der Waals surface area contributed by atoms with E-state index in [-0.39, 0.29) is 0 Å². The Labute approximate surface area is 122 Å². The van der Waals surface area contributed by atoms with Crippen molar-refractivity contribution in [2.75, 3.05) is 13.1 Å². The monoisotopic (exact) mass is 274 g/mol. The summed E-state index contributed by atoms with van der Waals surface area (Å²) in [5.41, 5.74) is 2.31. The van der Waals surface area contributed by atoms with Crippen molar-refractivity contribution in [3.05, 3.63) is 29.3 Å². The number of nitrogens with zero attached hydrogens (tertiary/aromatic N) is 1. The number of phenols is 1. The number of rotatable bonds is 3. The lowest BCUT2D eigenvalue weighted by Crippen LogP contribution is -2.49. The molecule has 110 valence electrons. The zero-order chi connectivity index (χ0) is 13.9. The molecule has 2 N–H and O–H groups in total. The number of aryl methyl sites for hydroxylation is 1. The molecule has 0 spiro atoms. The summed E-state index contributed by atoms with van der Waals surface area (Å²) in [6.07, 6.45) is 6.55. The summed E-state index contributed by atoms with van der Waals surface area (Å²) in [7, 11) is 0. The largest absolute Gasteiger partial charge is 0.508 e. The molecule has 3 heteroatoms. The Hall–Kier alpha value is -1.06. The van der Waals surface area contributed by atoms with Crippen LogP contribution in [0, 0.1) is 6.92 Å². The maximum atomic E-state index is 10.1. The molecule has 2 atom stereocenters. The van der Waals surface area contributed by atoms with Crippen LogP contribution in [-0.4, -0.2) is 35.2 Å². The highest BCUT2D eigenvalue weighted by atomic mass is 16.3. The summed E-state index contributed by atoms with van der Waals surface area (Å²) in [6.45, 7) is 5.31. The van der Waals surface area contributed by atoms with Gasteiger partial charge >= 0.3 is 0 Å². The molecule has 3 rings (SSSR count). The zero-order valence-electron chi connectivity index (χ0n) is 12.4. The Bertz CT molecular complexity index is 454. The molecule has 0 amide bonds. The van der Waals surface area contributed by atoms with E-state index in [0.29, 0.717) is 17.8 Å². The highest BCUT2D eigenvalue weighted by Gasteiger charge is 2.31. The first-order chi connectivity index (χ1) is 9.74. The molecule has 3 nitrogen and oxygen atoms in total. The van der Waals surface area contributed by atoms with Gasteiger partial charge in [-0.3, -0.25) is 4.90 Å². The maximum absolute atomic E-state index is 10.1. The topological polar surface area (TPSA) is 35.5 Å². The SMILES string of the molecule is Cc1ccc(O)c(CN2CCCCC2C2CCCN2)c1. The van der Waals surface area contributed by atoms with Gasteiger partial charge in [-0.2, -0.15) is 0 Å². The first kappa shape index (κ1) is 13.9. The van der Waals surface area contributed by atoms with Crippen LogP contribution >= 0.6 is 0 Å². The number of hydrogen-bond acceptors (Lipinski definition) is 3. The van der Waals surface area contributed by atoms with Gasteiger partial charge in [0.15, 0.2) is 0 Å². The predicted octanol–water partition coefficient (Wildman–Crippen LogP) is 2.81. The van der Waals surface area contributed by atoms with Gasteiger partial charge in [0.25, 0.3) is 0 Å². The second-order valence-electron chi connectivity index (χ2n) is 6.37. The van der Waals surface area contributed by atoms with Crippen molar-refractivity contribution < 1.29 is 5.11 Å². The molecule has 0 bridgehead atoms. The molecule has 1 aromatic rings. The molecule has 2 unspecified atom stereocenters. The number of nitrogens with one attached hydrogen (secondary N) is 1. The molecule has 2 aliphatic heterocycles. The molecule has 0 saturated carbocycles. The van der Waals surface area contributed by atoms with Crippen LogP contribution in [0.4, 0.5) is 0 Å². The van der Waals surface area contributed by atoms with Gasteiger partial charge in [-0.1, -0.05) is 24.1 Å². The van der Waals surface area contributed by atoms with Crippen LogP contribution in [0.2, 0.25) is 0 Å². The summed E-state index contributed by atoms with van der Waals surface area (Å²) in [6, 6.07) is 7.24. The predicted molar refractivity (Wildman–Crippen MR) is 81.9 cm³/mol. The van der Waals surface area contributed by atoms with E-state index in [1.54, 1.807) is 0 Å². The van der Waals surface area contributed by atoms with E-state index in [1.807, 2.05) is 12.1 Å². The molecule has 2 aliphatic rings. The zero-order valence-corrected chi connectivity index (χ0v) is 12.4. The Balaban J connectivity index is 1.74. The lowest BCUT2D eigenvalue weighted by molar-refractivity contribution is 0.111. The Morgan fingerprint density at radius 2 is 2.15 bits per heavy atom. The maximum Gasteiger partial charge on any atom is 0.120 e. The van der Waals surface area contributed by atoms with E-state index < -0.39 is 0 Å². The van der Waals surface area contributed by atoms with E-state index in [1.165, 1.54) is 44.2 Å². The standard InChI is InChI=1S/C17H26N2O/c1-13-7-8-17(20)14(11-13)12-19-10-3-2-6-16(19)15-5-4-9-18-15/h7-8,11,15-16,18,20H,2-6,9-10,12H2,1H3. The highest BCUT2D eigenvalue weighted by molar-refractivity contribution is 5.35. The van der Waals surface area contributed by atoms with Crippen molar-refractivity contribution in [1.82, 2.24) is 10.2 Å². The molecule has 0 aromatic heterocycles. The molecule has 0 radical (unpaired) electrons. The van der Waals surface area contributed by atoms with E-state index in [2.05, 4.69) is 23.2 Å². The summed E-state index contributed by atoms with van der Waals surface area (Å²) in [4.78, 5) is 2.58. The minimum Gasteiger partial charge on any atom is -0.508 e. The molecule has 20 heavy (non-hydrogen) atoms. The van der Waals surface area contributed by atoms with Crippen LogP contribution in [0.15, 0.2) is 18.2 Å². The third-order valence-corrected chi connectivity index (χ3v) is 4.84. The second kappa shape index (κ2) is 6.15. The fourth-order valence-corrected chi connectivity index (χ4v) is 3.77. The lowest BCUT2D eigenvalue weighted by atomic mass is 9.94. The van der Waals surface area contributed by atoms with Gasteiger partial charge in [0.2, 0.25) is 0 Å². The first-order valence-electron chi connectivity index (χ1n) is 8.00. The van der Waals surface area contributed by atoms with Gasteiger partial charge in [0.05, 0.1) is 0 Å². The molecule has 2 fully saturated rings. The third-order valence-electron chi connectivity index (χ3n) is 4.84. The minimum absolute atomic E-state index is 0.444. The summed E-state index contributed by atoms with van der Waals surface area (Å²) in [5.74, 6) is 0.444. The quantitative estimate of drug-likeness (QED) is 0.889. The van der Waals surface area contributed by atoms with Gasteiger partial charge in [-0.15, -0.1) is 0 Å². The van der Waals surface area contributed by atoms with Crippen molar-refractivity contribution in [3.63, 3.8) is 0 Å². The van der Waals surface area contributed by atoms with Crippen LogP contribution in [0.25, 0.3) is 0 Å². The number of phenolic OH excluding ortho intramolecular Hbond substituents is 1. The normalized spacial score (nSPS) is 27.9. The van der Waals surface area contributed by atoms with Crippen LogP contribution in [-0.2, 0) is 6.54 Å². The van der Waals surface area contributed by atoms with Gasteiger partial charge in [-0.05, 0) is 51.8 Å². The molecular formula is C17H26N2O. The van der Waals surface area contributed by atoms with Crippen LogP contribution in [0.3, 0.4) is 0 Å². The summed E-state index contributed by atoms with van der Waals surface area (Å²) >= 11 is 0. The molecule has 2 heterocycles. The van der Waals surface area contributed by atoms with Crippen molar-refractivity contribution >= 4 is 0 Å². The highest BCUT2D eigenvalue weighted by Crippen LogP contribution is 2.28. The van der Waals surface area contributed by atoms with Crippen LogP contribution in [0.1, 0.15) is 43.2 Å². The van der Waals surface area contributed by atoms with Crippen LogP contribution in [0.5, 0.6) is 5.75 Å². The number of hydrogen-bond donors (Lipinski definition) is 2. The summed E-state index contributed by atoms with van der Waals surface area (Å²) < 4.78 is 0. The van der Waals surface area contributed by atoms with E-state index in [9.17, 15) is 5.11 Å². The second-order valence-corrected chi connectivity index (χ2v) is 6.37. The lowest BCUT2D eigenvalue weighted by Gasteiger charge is -2.39. The van der Waals surface area contributed by atoms with Gasteiger partial charge in [-0.25, -0.2) is 0 Å². The van der Waals surface area contributed by atoms with Crippen molar-refractivity contribution in [3.8, 4) is 5.75 Å². The Morgan fingerprint density at radius 1 is 1.25 bits per heavy atom. The van der Waals surface area contributed by atoms with Crippen molar-refractivity contribution in [2.24, 2.45) is 0 Å². The van der Waals surface area contributed by atoms with Gasteiger partial charge in [0.1, 0.15) is 5.75 Å². The van der Waals surface area contributed by atoms with Crippen LogP contribution < -0.4 is 5.32 Å². The third kappa shape index (κ3) is 2.99. The molecule has 1 aromatic carbocycles. The van der Waals surface area contributed by atoms with Crippen molar-refractivity contribution in [2.45, 2.75) is 57.7 Å². The van der Waals surface area contributed by atoms with E-state index in [0.717, 1.165) is 18.7 Å². The summed E-state index contributed by atoms with van der Waals surface area (Å²) in [5, 5.41) is 13.7. The number of benzene rings is 1. The Morgan fingerprint density at radius 3 is 2.95 bits per heavy atom. The Kier molecular flexibility index (Phi) is 4.27. The molecular weight excluding hydrogens is 248 g/mol. The fraction of sp³-hybridized carbons (Fsp3) is 0.647. The smallest absolute Gasteiger partial charge is 0.120 e. The first-order valence-corrected chi connectivity index (χ1v) is 8.00. The van der Waals surface area contributed by atoms with E-state index in [4.69, 9.17) is 0 Å². The minimum atomic E-state index is 0.444. The number of aromatic hydroxyl groups is 1. The average Bonchev–Trinajstić information content (AvgIpc) is 2.97.